The molecular formula is C17H17F2N. The van der Waals surface area contributed by atoms with Crippen molar-refractivity contribution in [1.29, 1.82) is 0 Å². The number of piperidine rings is 1. The molecule has 0 spiro atoms. The number of hydrogen-bond acceptors (Lipinski definition) is 1. The molecule has 1 nitrogen and oxygen atoms in total. The molecule has 20 heavy (non-hydrogen) atoms. The molecular weight excluding hydrogens is 256 g/mol. The lowest BCUT2D eigenvalue weighted by molar-refractivity contribution is 0.445. The van der Waals surface area contributed by atoms with Crippen molar-refractivity contribution in [3.8, 4) is 11.1 Å². The fraction of sp³-hybridized carbons (Fsp3) is 0.294. The van der Waals surface area contributed by atoms with E-state index in [1.165, 1.54) is 18.2 Å². The Hall–Kier alpha value is -1.74. The highest BCUT2D eigenvalue weighted by atomic mass is 19.1. The van der Waals surface area contributed by atoms with Crippen LogP contribution in [0.1, 0.15) is 24.3 Å². The van der Waals surface area contributed by atoms with Crippen molar-refractivity contribution >= 4 is 0 Å². The molecule has 1 N–H and O–H groups in total. The summed E-state index contributed by atoms with van der Waals surface area (Å²) in [6.45, 7) is 1.87. The zero-order valence-corrected chi connectivity index (χ0v) is 11.2. The third-order valence-electron chi connectivity index (χ3n) is 3.95. The largest absolute Gasteiger partial charge is 0.317 e. The van der Waals surface area contributed by atoms with Gasteiger partial charge >= 0.3 is 0 Å². The van der Waals surface area contributed by atoms with Gasteiger partial charge in [0.05, 0.1) is 0 Å². The number of nitrogens with one attached hydrogen (secondary N) is 1. The summed E-state index contributed by atoms with van der Waals surface area (Å²) >= 11 is 0. The van der Waals surface area contributed by atoms with Crippen molar-refractivity contribution in [1.82, 2.24) is 5.32 Å². The van der Waals surface area contributed by atoms with Gasteiger partial charge in [0.2, 0.25) is 0 Å². The molecule has 1 heterocycles. The molecule has 0 unspecified atom stereocenters. The molecule has 0 bridgehead atoms. The van der Waals surface area contributed by atoms with E-state index >= 15 is 0 Å². The zero-order valence-electron chi connectivity index (χ0n) is 11.2. The number of benzene rings is 2. The van der Waals surface area contributed by atoms with Crippen molar-refractivity contribution in [3.63, 3.8) is 0 Å². The molecule has 1 aliphatic heterocycles. The van der Waals surface area contributed by atoms with Crippen molar-refractivity contribution in [2.24, 2.45) is 0 Å². The molecule has 0 saturated carbocycles. The Bertz CT molecular complexity index is 586. The molecule has 0 atom stereocenters. The van der Waals surface area contributed by atoms with E-state index in [-0.39, 0.29) is 17.6 Å². The Balaban J connectivity index is 1.95. The van der Waals surface area contributed by atoms with Crippen LogP contribution in [0.2, 0.25) is 0 Å². The maximum atomic E-state index is 14.1. The molecule has 3 heteroatoms. The van der Waals surface area contributed by atoms with Crippen LogP contribution in [0.3, 0.4) is 0 Å². The quantitative estimate of drug-likeness (QED) is 0.868. The first-order chi connectivity index (χ1) is 9.74. The van der Waals surface area contributed by atoms with Gasteiger partial charge in [-0.3, -0.25) is 0 Å². The fourth-order valence-electron chi connectivity index (χ4n) is 2.81. The maximum Gasteiger partial charge on any atom is 0.126 e. The van der Waals surface area contributed by atoms with Gasteiger partial charge in [-0.2, -0.15) is 0 Å². The van der Waals surface area contributed by atoms with Crippen LogP contribution in [0.25, 0.3) is 11.1 Å². The van der Waals surface area contributed by atoms with Crippen LogP contribution in [0.5, 0.6) is 0 Å². The fourth-order valence-corrected chi connectivity index (χ4v) is 2.81. The summed E-state index contributed by atoms with van der Waals surface area (Å²) in [5.74, 6) is -0.117. The predicted octanol–water partition coefficient (Wildman–Crippen LogP) is 4.10. The Morgan fingerprint density at radius 2 is 1.50 bits per heavy atom. The SMILES string of the molecule is Fc1ccc(-c2ccc(F)c(C3CCNCC3)c2)cc1. The van der Waals surface area contributed by atoms with Gasteiger partial charge in [0.15, 0.2) is 0 Å². The number of rotatable bonds is 2. The molecule has 0 aromatic heterocycles. The van der Waals surface area contributed by atoms with Crippen LogP contribution in [-0.2, 0) is 0 Å². The van der Waals surface area contributed by atoms with Crippen LogP contribution < -0.4 is 5.32 Å². The lowest BCUT2D eigenvalue weighted by atomic mass is 9.88. The van der Waals surface area contributed by atoms with Gasteiger partial charge in [-0.1, -0.05) is 18.2 Å². The molecule has 1 aliphatic rings. The van der Waals surface area contributed by atoms with E-state index in [9.17, 15) is 8.78 Å². The van der Waals surface area contributed by atoms with Gasteiger partial charge in [0.25, 0.3) is 0 Å². The minimum Gasteiger partial charge on any atom is -0.317 e. The van der Waals surface area contributed by atoms with E-state index in [1.54, 1.807) is 18.2 Å². The van der Waals surface area contributed by atoms with E-state index in [1.807, 2.05) is 6.07 Å². The van der Waals surface area contributed by atoms with Crippen LogP contribution in [0.15, 0.2) is 42.5 Å². The second-order valence-corrected chi connectivity index (χ2v) is 5.27. The Morgan fingerprint density at radius 1 is 0.850 bits per heavy atom. The number of hydrogen-bond donors (Lipinski definition) is 1. The van der Waals surface area contributed by atoms with E-state index in [0.29, 0.717) is 0 Å². The van der Waals surface area contributed by atoms with Crippen molar-refractivity contribution in [2.45, 2.75) is 18.8 Å². The van der Waals surface area contributed by atoms with Gasteiger partial charge in [0, 0.05) is 0 Å². The van der Waals surface area contributed by atoms with Crippen LogP contribution in [0.4, 0.5) is 8.78 Å². The Labute approximate surface area is 117 Å². The predicted molar refractivity (Wildman–Crippen MR) is 76.6 cm³/mol. The van der Waals surface area contributed by atoms with E-state index in [4.69, 9.17) is 0 Å². The summed E-state index contributed by atoms with van der Waals surface area (Å²) in [7, 11) is 0. The molecule has 0 radical (unpaired) electrons. The van der Waals surface area contributed by atoms with Crippen molar-refractivity contribution in [3.05, 3.63) is 59.7 Å². The lowest BCUT2D eigenvalue weighted by Crippen LogP contribution is -2.27. The van der Waals surface area contributed by atoms with Gasteiger partial charge in [-0.25, -0.2) is 8.78 Å². The number of halogens is 2. The van der Waals surface area contributed by atoms with Crippen molar-refractivity contribution < 1.29 is 8.78 Å². The highest BCUT2D eigenvalue weighted by molar-refractivity contribution is 5.64. The second-order valence-electron chi connectivity index (χ2n) is 5.27. The highest BCUT2D eigenvalue weighted by Gasteiger charge is 2.19. The molecule has 1 saturated heterocycles. The van der Waals surface area contributed by atoms with Gasteiger partial charge in [0.1, 0.15) is 11.6 Å². The van der Waals surface area contributed by atoms with E-state index in [2.05, 4.69) is 5.32 Å². The summed E-state index contributed by atoms with van der Waals surface area (Å²) in [6.07, 6.45) is 1.92. The first-order valence-electron chi connectivity index (χ1n) is 7.00. The Morgan fingerprint density at radius 3 is 2.20 bits per heavy atom. The molecule has 2 aromatic rings. The van der Waals surface area contributed by atoms with Gasteiger partial charge < -0.3 is 5.32 Å². The standard InChI is InChI=1S/C17H17F2N/c18-15-4-1-12(2-5-15)14-3-6-17(19)16(11-14)13-7-9-20-10-8-13/h1-6,11,13,20H,7-10H2. The molecule has 0 amide bonds. The second kappa shape index (κ2) is 5.71. The average Bonchev–Trinajstić information content (AvgIpc) is 2.50. The van der Waals surface area contributed by atoms with E-state index < -0.39 is 0 Å². The third-order valence-corrected chi connectivity index (χ3v) is 3.95. The monoisotopic (exact) mass is 273 g/mol. The van der Waals surface area contributed by atoms with Crippen molar-refractivity contribution in [2.75, 3.05) is 13.1 Å². The molecule has 3 rings (SSSR count). The first-order valence-corrected chi connectivity index (χ1v) is 7.00. The molecule has 2 aromatic carbocycles. The Kier molecular flexibility index (Phi) is 3.79. The molecule has 104 valence electrons. The zero-order chi connectivity index (χ0) is 13.9. The lowest BCUT2D eigenvalue weighted by Gasteiger charge is -2.23. The summed E-state index contributed by atoms with van der Waals surface area (Å²) in [5.41, 5.74) is 2.65. The van der Waals surface area contributed by atoms with Crippen LogP contribution >= 0.6 is 0 Å². The summed E-state index contributed by atoms with van der Waals surface area (Å²) in [4.78, 5) is 0. The normalized spacial score (nSPS) is 16.3. The minimum atomic E-state index is -0.255. The van der Waals surface area contributed by atoms with E-state index in [0.717, 1.165) is 42.6 Å². The molecule has 0 aliphatic carbocycles. The topological polar surface area (TPSA) is 12.0 Å². The highest BCUT2D eigenvalue weighted by Crippen LogP contribution is 2.31. The minimum absolute atomic E-state index is 0.136. The first kappa shape index (κ1) is 13.3. The summed E-state index contributed by atoms with van der Waals surface area (Å²) in [5, 5.41) is 3.29. The smallest absolute Gasteiger partial charge is 0.126 e. The maximum absolute atomic E-state index is 14.1. The summed E-state index contributed by atoms with van der Waals surface area (Å²) < 4.78 is 27.0. The van der Waals surface area contributed by atoms with Crippen LogP contribution in [0, 0.1) is 11.6 Å². The van der Waals surface area contributed by atoms with Gasteiger partial charge in [-0.05, 0) is 72.8 Å². The van der Waals surface area contributed by atoms with Gasteiger partial charge in [-0.15, -0.1) is 0 Å². The van der Waals surface area contributed by atoms with Crippen LogP contribution in [-0.4, -0.2) is 13.1 Å². The third kappa shape index (κ3) is 2.73. The average molecular weight is 273 g/mol. The summed E-state index contributed by atoms with van der Waals surface area (Å²) in [6, 6.07) is 11.5. The molecule has 1 fully saturated rings.